The molecule has 2 aromatic rings. The van der Waals surface area contributed by atoms with Gasteiger partial charge in [-0.3, -0.25) is 4.98 Å². The van der Waals surface area contributed by atoms with Crippen LogP contribution in [0.5, 0.6) is 0 Å². The summed E-state index contributed by atoms with van der Waals surface area (Å²) in [5.74, 6) is 0. The molecule has 0 saturated heterocycles. The first-order valence-electron chi connectivity index (χ1n) is 4.38. The number of aromatic nitrogens is 1. The number of pyridine rings is 1. The normalized spacial score (nSPS) is 10.1. The van der Waals surface area contributed by atoms with E-state index < -0.39 is 0 Å². The molecular formula is C12H10NS. The van der Waals surface area contributed by atoms with Gasteiger partial charge in [-0.25, -0.2) is 0 Å². The molecule has 1 aromatic carbocycles. The SMILES string of the molecule is CSc1[c]nccc1-c1ccccc1. The second kappa shape index (κ2) is 4.29. The fraction of sp³-hybridized carbons (Fsp3) is 0.0833. The van der Waals surface area contributed by atoms with Crippen LogP contribution in [-0.4, -0.2) is 11.2 Å². The van der Waals surface area contributed by atoms with Crippen LogP contribution in [0.25, 0.3) is 11.1 Å². The molecule has 14 heavy (non-hydrogen) atoms. The van der Waals surface area contributed by atoms with Crippen molar-refractivity contribution in [2.45, 2.75) is 4.90 Å². The largest absolute Gasteiger partial charge is 0.253 e. The molecule has 1 nitrogen and oxygen atoms in total. The Labute approximate surface area is 88.2 Å². The molecule has 1 aromatic heterocycles. The smallest absolute Gasteiger partial charge is 0.104 e. The average Bonchev–Trinajstić information content (AvgIpc) is 2.30. The number of hydrogen-bond donors (Lipinski definition) is 0. The Morgan fingerprint density at radius 3 is 2.64 bits per heavy atom. The van der Waals surface area contributed by atoms with Gasteiger partial charge in [0.05, 0.1) is 0 Å². The van der Waals surface area contributed by atoms with E-state index in [0.29, 0.717) is 0 Å². The van der Waals surface area contributed by atoms with Gasteiger partial charge in [0.25, 0.3) is 0 Å². The maximum absolute atomic E-state index is 4.00. The average molecular weight is 200 g/mol. The zero-order valence-electron chi connectivity index (χ0n) is 7.90. The van der Waals surface area contributed by atoms with E-state index in [2.05, 4.69) is 23.3 Å². The highest BCUT2D eigenvalue weighted by Gasteiger charge is 2.02. The van der Waals surface area contributed by atoms with Gasteiger partial charge in [-0.05, 0) is 23.4 Å². The Hall–Kier alpha value is -1.28. The van der Waals surface area contributed by atoms with E-state index in [1.165, 1.54) is 11.1 Å². The first-order chi connectivity index (χ1) is 6.92. The lowest BCUT2D eigenvalue weighted by Gasteiger charge is -2.05. The van der Waals surface area contributed by atoms with E-state index in [4.69, 9.17) is 0 Å². The second-order valence-electron chi connectivity index (χ2n) is 2.87. The summed E-state index contributed by atoms with van der Waals surface area (Å²) in [6.07, 6.45) is 6.82. The van der Waals surface area contributed by atoms with Crippen molar-refractivity contribution in [3.05, 3.63) is 48.8 Å². The third-order valence-corrected chi connectivity index (χ3v) is 2.73. The molecule has 0 N–H and O–H groups in total. The van der Waals surface area contributed by atoms with Crippen LogP contribution < -0.4 is 0 Å². The Bertz CT molecular complexity index is 412. The minimum absolute atomic E-state index is 1.10. The van der Waals surface area contributed by atoms with Gasteiger partial charge in [0.1, 0.15) is 6.20 Å². The highest BCUT2D eigenvalue weighted by molar-refractivity contribution is 7.98. The minimum atomic E-state index is 1.10. The van der Waals surface area contributed by atoms with E-state index >= 15 is 0 Å². The fourth-order valence-electron chi connectivity index (χ4n) is 1.34. The Morgan fingerprint density at radius 2 is 1.93 bits per heavy atom. The van der Waals surface area contributed by atoms with Gasteiger partial charge in [0.15, 0.2) is 0 Å². The number of thioether (sulfide) groups is 1. The van der Waals surface area contributed by atoms with Crippen LogP contribution in [0.2, 0.25) is 0 Å². The number of hydrogen-bond acceptors (Lipinski definition) is 2. The van der Waals surface area contributed by atoms with Crippen LogP contribution in [0.3, 0.4) is 0 Å². The number of benzene rings is 1. The van der Waals surface area contributed by atoms with Gasteiger partial charge in [-0.15, -0.1) is 11.8 Å². The predicted molar refractivity (Wildman–Crippen MR) is 60.3 cm³/mol. The number of nitrogens with zero attached hydrogens (tertiary/aromatic N) is 1. The highest BCUT2D eigenvalue weighted by Crippen LogP contribution is 2.28. The van der Waals surface area contributed by atoms with E-state index in [-0.39, 0.29) is 0 Å². The summed E-state index contributed by atoms with van der Waals surface area (Å²) in [5, 5.41) is 0. The molecule has 1 heterocycles. The van der Waals surface area contributed by atoms with Gasteiger partial charge >= 0.3 is 0 Å². The predicted octanol–water partition coefficient (Wildman–Crippen LogP) is 3.27. The molecule has 0 aliphatic carbocycles. The van der Waals surface area contributed by atoms with Crippen LogP contribution in [0.1, 0.15) is 0 Å². The summed E-state index contributed by atoms with van der Waals surface area (Å²) in [6, 6.07) is 12.3. The molecule has 2 rings (SSSR count). The quantitative estimate of drug-likeness (QED) is 0.690. The first kappa shape index (κ1) is 9.28. The zero-order chi connectivity index (χ0) is 9.80. The summed E-state index contributed by atoms with van der Waals surface area (Å²) >= 11 is 1.67. The first-order valence-corrected chi connectivity index (χ1v) is 5.60. The topological polar surface area (TPSA) is 12.9 Å². The lowest BCUT2D eigenvalue weighted by atomic mass is 10.1. The fourth-order valence-corrected chi connectivity index (χ4v) is 1.89. The molecular weight excluding hydrogens is 190 g/mol. The van der Waals surface area contributed by atoms with Gasteiger partial charge < -0.3 is 0 Å². The lowest BCUT2D eigenvalue weighted by molar-refractivity contribution is 1.22. The molecule has 0 saturated carbocycles. The van der Waals surface area contributed by atoms with E-state index in [0.717, 1.165) is 4.90 Å². The van der Waals surface area contributed by atoms with Crippen LogP contribution >= 0.6 is 11.8 Å². The van der Waals surface area contributed by atoms with Gasteiger partial charge in [0, 0.05) is 11.1 Å². The summed E-state index contributed by atoms with van der Waals surface area (Å²) < 4.78 is 0. The standard InChI is InChI=1S/C12H10NS/c1-14-12-9-13-8-7-11(12)10-5-3-2-4-6-10/h2-8H,1H3. The molecule has 0 unspecified atom stereocenters. The van der Waals surface area contributed by atoms with Crippen molar-refractivity contribution in [3.63, 3.8) is 0 Å². The number of rotatable bonds is 2. The third-order valence-electron chi connectivity index (χ3n) is 2.02. The summed E-state index contributed by atoms with van der Waals surface area (Å²) in [6.45, 7) is 0. The zero-order valence-corrected chi connectivity index (χ0v) is 8.71. The van der Waals surface area contributed by atoms with E-state index in [1.807, 2.05) is 30.5 Å². The lowest BCUT2D eigenvalue weighted by Crippen LogP contribution is -1.83. The van der Waals surface area contributed by atoms with Crippen molar-refractivity contribution in [1.29, 1.82) is 0 Å². The summed E-state index contributed by atoms with van der Waals surface area (Å²) in [5.41, 5.74) is 2.42. The molecule has 0 bridgehead atoms. The van der Waals surface area contributed by atoms with Gasteiger partial charge in [0.2, 0.25) is 0 Å². The summed E-state index contributed by atoms with van der Waals surface area (Å²) in [7, 11) is 0. The van der Waals surface area contributed by atoms with Crippen molar-refractivity contribution >= 4 is 11.8 Å². The van der Waals surface area contributed by atoms with Crippen molar-refractivity contribution in [2.24, 2.45) is 0 Å². The molecule has 0 aliphatic rings. The molecule has 69 valence electrons. The minimum Gasteiger partial charge on any atom is -0.253 e. The van der Waals surface area contributed by atoms with Gasteiger partial charge in [-0.1, -0.05) is 30.3 Å². The summed E-state index contributed by atoms with van der Waals surface area (Å²) in [4.78, 5) is 5.09. The molecule has 2 heteroatoms. The maximum Gasteiger partial charge on any atom is 0.104 e. The van der Waals surface area contributed by atoms with E-state index in [1.54, 1.807) is 18.0 Å². The van der Waals surface area contributed by atoms with Crippen molar-refractivity contribution in [3.8, 4) is 11.1 Å². The van der Waals surface area contributed by atoms with Crippen molar-refractivity contribution in [2.75, 3.05) is 6.26 Å². The molecule has 1 radical (unpaired) electrons. The van der Waals surface area contributed by atoms with Crippen LogP contribution in [-0.2, 0) is 0 Å². The van der Waals surface area contributed by atoms with Crippen molar-refractivity contribution in [1.82, 2.24) is 4.98 Å². The van der Waals surface area contributed by atoms with E-state index in [9.17, 15) is 0 Å². The second-order valence-corrected chi connectivity index (χ2v) is 3.69. The Balaban J connectivity index is 2.51. The molecule has 0 atom stereocenters. The molecule has 0 aliphatic heterocycles. The van der Waals surface area contributed by atoms with Crippen LogP contribution in [0.4, 0.5) is 0 Å². The molecule has 0 spiro atoms. The Kier molecular flexibility index (Phi) is 2.84. The molecule has 0 fully saturated rings. The Morgan fingerprint density at radius 1 is 1.14 bits per heavy atom. The molecule has 0 amide bonds. The van der Waals surface area contributed by atoms with Crippen LogP contribution in [0.15, 0.2) is 47.5 Å². The highest BCUT2D eigenvalue weighted by atomic mass is 32.2. The van der Waals surface area contributed by atoms with Crippen LogP contribution in [0, 0.1) is 6.20 Å². The third kappa shape index (κ3) is 1.80. The van der Waals surface area contributed by atoms with Crippen molar-refractivity contribution < 1.29 is 0 Å². The van der Waals surface area contributed by atoms with Gasteiger partial charge in [-0.2, -0.15) is 0 Å². The maximum atomic E-state index is 4.00. The monoisotopic (exact) mass is 200 g/mol.